The zero-order valence-corrected chi connectivity index (χ0v) is 25.7. The number of fused-ring (bicyclic) bond motifs is 2. The van der Waals surface area contributed by atoms with Crippen molar-refractivity contribution in [2.45, 2.75) is 51.7 Å². The lowest BCUT2D eigenvalue weighted by molar-refractivity contribution is 0.0315. The van der Waals surface area contributed by atoms with Gasteiger partial charge in [0.2, 0.25) is 0 Å². The minimum absolute atomic E-state index is 0.102. The highest BCUT2D eigenvalue weighted by Crippen LogP contribution is 2.32. The van der Waals surface area contributed by atoms with Crippen molar-refractivity contribution >= 4 is 45.5 Å². The van der Waals surface area contributed by atoms with Crippen LogP contribution in [0.5, 0.6) is 0 Å². The van der Waals surface area contributed by atoms with Gasteiger partial charge < -0.3 is 19.1 Å². The molecule has 1 aliphatic heterocycles. The van der Waals surface area contributed by atoms with E-state index in [9.17, 15) is 14.7 Å². The fourth-order valence-corrected chi connectivity index (χ4v) is 6.55. The lowest BCUT2D eigenvalue weighted by atomic mass is 9.97. The second-order valence-electron chi connectivity index (χ2n) is 12.4. The first-order valence-electron chi connectivity index (χ1n) is 14.6. The van der Waals surface area contributed by atoms with Gasteiger partial charge in [0.1, 0.15) is 0 Å². The average Bonchev–Trinajstić information content (AvgIpc) is 3.49. The summed E-state index contributed by atoms with van der Waals surface area (Å²) in [6.07, 6.45) is 0.535. The van der Waals surface area contributed by atoms with Crippen LogP contribution in [0.15, 0.2) is 72.8 Å². The maximum Gasteiger partial charge on any atom is 0.408 e. The zero-order chi connectivity index (χ0) is 30.5. The summed E-state index contributed by atoms with van der Waals surface area (Å²) in [4.78, 5) is 34.1. The minimum atomic E-state index is -0.956. The monoisotopic (exact) mass is 597 g/mol. The molecule has 9 heteroatoms. The van der Waals surface area contributed by atoms with Gasteiger partial charge in [-0.25, -0.2) is 9.78 Å². The van der Waals surface area contributed by atoms with Crippen molar-refractivity contribution in [2.24, 2.45) is 7.05 Å². The van der Waals surface area contributed by atoms with E-state index >= 15 is 0 Å². The number of amides is 2. The number of aromatic nitrogens is 3. The first kappa shape index (κ1) is 28.8. The van der Waals surface area contributed by atoms with Crippen molar-refractivity contribution in [3.8, 4) is 11.5 Å². The molecule has 222 valence electrons. The largest absolute Gasteiger partial charge is 0.465 e. The van der Waals surface area contributed by atoms with E-state index in [1.54, 1.807) is 4.90 Å². The maximum absolute atomic E-state index is 13.7. The molecule has 0 aliphatic carbocycles. The van der Waals surface area contributed by atoms with Gasteiger partial charge in [-0.05, 0) is 81.6 Å². The van der Waals surface area contributed by atoms with Gasteiger partial charge in [-0.2, -0.15) is 0 Å². The van der Waals surface area contributed by atoms with Crippen LogP contribution < -0.4 is 0 Å². The first-order chi connectivity index (χ1) is 20.5. The number of para-hydroxylation sites is 1. The van der Waals surface area contributed by atoms with E-state index in [-0.39, 0.29) is 11.9 Å². The highest BCUT2D eigenvalue weighted by molar-refractivity contribution is 6.30. The summed E-state index contributed by atoms with van der Waals surface area (Å²) in [7, 11) is 2.00. The standard InChI is InChI=1S/C34H36ClN5O3/c1-34(2,3)40(33(42)43)26-9-7-17-38(21-26)32(41)24-13-16-29-27(18-24)36-31(37(29)4)30-19-23-8-5-6-10-28(23)39(30)20-22-11-14-25(35)15-12-22/h5-6,8,10-16,18-19,26H,7,9,17,20-21H2,1-4H3,(H,42,43)/t26-/m1/s1. The molecular formula is C34H36ClN5O3. The number of piperidine rings is 1. The average molecular weight is 598 g/mol. The lowest BCUT2D eigenvalue weighted by Crippen LogP contribution is -2.57. The molecule has 1 N–H and O–H groups in total. The molecule has 0 unspecified atom stereocenters. The topological polar surface area (TPSA) is 83.6 Å². The molecule has 0 bridgehead atoms. The van der Waals surface area contributed by atoms with Crippen molar-refractivity contribution in [1.29, 1.82) is 0 Å². The van der Waals surface area contributed by atoms with Crippen LogP contribution in [0.2, 0.25) is 5.02 Å². The molecule has 6 rings (SSSR count). The molecular weight excluding hydrogens is 562 g/mol. The summed E-state index contributed by atoms with van der Waals surface area (Å²) in [6.45, 7) is 7.31. The minimum Gasteiger partial charge on any atom is -0.465 e. The normalized spacial score (nSPS) is 15.7. The van der Waals surface area contributed by atoms with Gasteiger partial charge >= 0.3 is 6.09 Å². The molecule has 8 nitrogen and oxygen atoms in total. The van der Waals surface area contributed by atoms with E-state index in [0.29, 0.717) is 30.2 Å². The van der Waals surface area contributed by atoms with Crippen LogP contribution in [-0.4, -0.2) is 65.7 Å². The number of carboxylic acid groups (broad SMARTS) is 1. The van der Waals surface area contributed by atoms with E-state index in [1.165, 1.54) is 4.90 Å². The number of imidazole rings is 1. The third kappa shape index (κ3) is 5.47. The number of hydrogen-bond donors (Lipinski definition) is 1. The Morgan fingerprint density at radius 2 is 1.77 bits per heavy atom. The Morgan fingerprint density at radius 1 is 1.02 bits per heavy atom. The number of benzene rings is 3. The predicted molar refractivity (Wildman–Crippen MR) is 171 cm³/mol. The molecule has 2 aromatic heterocycles. The number of halogens is 1. The number of carbonyl (C=O) groups is 2. The molecule has 1 aliphatic rings. The fourth-order valence-electron chi connectivity index (χ4n) is 6.42. The molecule has 2 amide bonds. The first-order valence-corrected chi connectivity index (χ1v) is 15.0. The van der Waals surface area contributed by atoms with Gasteiger partial charge in [0, 0.05) is 53.7 Å². The molecule has 1 saturated heterocycles. The van der Waals surface area contributed by atoms with Crippen molar-refractivity contribution in [3.05, 3.63) is 88.9 Å². The van der Waals surface area contributed by atoms with E-state index in [4.69, 9.17) is 16.6 Å². The molecule has 0 radical (unpaired) electrons. The molecule has 0 spiro atoms. The SMILES string of the molecule is Cn1c(-c2cc3ccccc3n2Cc2ccc(Cl)cc2)nc2cc(C(=O)N3CCC[C@@H](N(C(=O)O)C(C)(C)C)C3)ccc21. The van der Waals surface area contributed by atoms with Crippen LogP contribution in [0.25, 0.3) is 33.5 Å². The maximum atomic E-state index is 13.7. The number of nitrogens with zero attached hydrogens (tertiary/aromatic N) is 5. The lowest BCUT2D eigenvalue weighted by Gasteiger charge is -2.44. The van der Waals surface area contributed by atoms with Crippen LogP contribution in [-0.2, 0) is 13.6 Å². The molecule has 0 saturated carbocycles. The Morgan fingerprint density at radius 3 is 2.49 bits per heavy atom. The summed E-state index contributed by atoms with van der Waals surface area (Å²) in [5, 5.41) is 11.7. The number of carbonyl (C=O) groups excluding carboxylic acids is 1. The second-order valence-corrected chi connectivity index (χ2v) is 12.8. The Bertz CT molecular complexity index is 1830. The van der Waals surface area contributed by atoms with Gasteiger partial charge in [0.05, 0.1) is 22.8 Å². The summed E-state index contributed by atoms with van der Waals surface area (Å²) < 4.78 is 4.34. The highest BCUT2D eigenvalue weighted by Gasteiger charge is 2.37. The van der Waals surface area contributed by atoms with E-state index in [0.717, 1.165) is 51.9 Å². The number of rotatable bonds is 5. The van der Waals surface area contributed by atoms with Crippen LogP contribution in [0, 0.1) is 0 Å². The van der Waals surface area contributed by atoms with E-state index in [1.807, 2.05) is 82.4 Å². The van der Waals surface area contributed by atoms with Crippen LogP contribution in [0.4, 0.5) is 4.79 Å². The molecule has 1 atom stereocenters. The predicted octanol–water partition coefficient (Wildman–Crippen LogP) is 7.28. The molecule has 43 heavy (non-hydrogen) atoms. The fraction of sp³-hybridized carbons (Fsp3) is 0.324. The van der Waals surface area contributed by atoms with Gasteiger partial charge in [-0.1, -0.05) is 41.9 Å². The summed E-state index contributed by atoms with van der Waals surface area (Å²) in [6, 6.07) is 23.8. The van der Waals surface area contributed by atoms with Crippen molar-refractivity contribution in [3.63, 3.8) is 0 Å². The van der Waals surface area contributed by atoms with Crippen LogP contribution >= 0.6 is 11.6 Å². The number of likely N-dealkylation sites (tertiary alicyclic amines) is 1. The smallest absolute Gasteiger partial charge is 0.408 e. The van der Waals surface area contributed by atoms with Crippen molar-refractivity contribution in [2.75, 3.05) is 13.1 Å². The number of aryl methyl sites for hydroxylation is 1. The third-order valence-corrected chi connectivity index (χ3v) is 8.65. The summed E-state index contributed by atoms with van der Waals surface area (Å²) in [5.41, 5.74) is 4.89. The zero-order valence-electron chi connectivity index (χ0n) is 24.9. The molecule has 1 fully saturated rings. The van der Waals surface area contributed by atoms with Crippen LogP contribution in [0.3, 0.4) is 0 Å². The summed E-state index contributed by atoms with van der Waals surface area (Å²) >= 11 is 6.14. The van der Waals surface area contributed by atoms with Crippen LogP contribution in [0.1, 0.15) is 49.5 Å². The third-order valence-electron chi connectivity index (χ3n) is 8.40. The van der Waals surface area contributed by atoms with Crippen molar-refractivity contribution in [1.82, 2.24) is 23.9 Å². The molecule has 3 heterocycles. The Labute approximate surface area is 256 Å². The van der Waals surface area contributed by atoms with Gasteiger partial charge in [-0.3, -0.25) is 9.69 Å². The van der Waals surface area contributed by atoms with Gasteiger partial charge in [-0.15, -0.1) is 0 Å². The number of hydrogen-bond acceptors (Lipinski definition) is 3. The van der Waals surface area contributed by atoms with E-state index < -0.39 is 11.6 Å². The molecule has 5 aromatic rings. The molecule has 3 aromatic carbocycles. The Hall–Kier alpha value is -4.30. The van der Waals surface area contributed by atoms with Gasteiger partial charge in [0.25, 0.3) is 5.91 Å². The Kier molecular flexibility index (Phi) is 7.42. The van der Waals surface area contributed by atoms with Crippen molar-refractivity contribution < 1.29 is 14.7 Å². The summed E-state index contributed by atoms with van der Waals surface area (Å²) in [5.74, 6) is 0.708. The second kappa shape index (κ2) is 11.1. The quantitative estimate of drug-likeness (QED) is 0.231. The Balaban J connectivity index is 1.34. The van der Waals surface area contributed by atoms with E-state index in [2.05, 4.69) is 27.3 Å². The van der Waals surface area contributed by atoms with Gasteiger partial charge in [0.15, 0.2) is 5.82 Å². The highest BCUT2D eigenvalue weighted by atomic mass is 35.5.